The van der Waals surface area contributed by atoms with Crippen LogP contribution in [0.1, 0.15) is 48.2 Å². The van der Waals surface area contributed by atoms with E-state index in [1.807, 2.05) is 0 Å². The SMILES string of the molecule is CCc1nc2c(c(NCC3(Cn4nc(C)cc4C)CC3)n1)CCNCC2. The first-order valence-corrected chi connectivity index (χ1v) is 9.93. The molecule has 0 saturated heterocycles. The van der Waals surface area contributed by atoms with E-state index in [0.29, 0.717) is 5.41 Å². The van der Waals surface area contributed by atoms with Crippen molar-refractivity contribution < 1.29 is 0 Å². The predicted molar refractivity (Wildman–Crippen MR) is 104 cm³/mol. The highest BCUT2D eigenvalue weighted by atomic mass is 15.3. The number of fused-ring (bicyclic) bond motifs is 1. The average molecular weight is 355 g/mol. The first-order chi connectivity index (χ1) is 12.6. The fourth-order valence-electron chi connectivity index (χ4n) is 3.89. The maximum Gasteiger partial charge on any atom is 0.133 e. The van der Waals surface area contributed by atoms with Crippen LogP contribution >= 0.6 is 0 Å². The molecule has 6 heteroatoms. The molecule has 2 aromatic rings. The zero-order valence-electron chi connectivity index (χ0n) is 16.2. The minimum Gasteiger partial charge on any atom is -0.369 e. The van der Waals surface area contributed by atoms with Gasteiger partial charge in [-0.25, -0.2) is 9.97 Å². The van der Waals surface area contributed by atoms with Gasteiger partial charge in [0.2, 0.25) is 0 Å². The molecule has 0 aromatic carbocycles. The molecule has 4 rings (SSSR count). The normalized spacial score (nSPS) is 18.3. The fraction of sp³-hybridized carbons (Fsp3) is 0.650. The lowest BCUT2D eigenvalue weighted by Crippen LogP contribution is -2.24. The van der Waals surface area contributed by atoms with E-state index in [0.717, 1.165) is 62.8 Å². The van der Waals surface area contributed by atoms with E-state index < -0.39 is 0 Å². The summed E-state index contributed by atoms with van der Waals surface area (Å²) < 4.78 is 2.17. The van der Waals surface area contributed by atoms with E-state index in [9.17, 15) is 0 Å². The van der Waals surface area contributed by atoms with Gasteiger partial charge in [0.05, 0.1) is 11.4 Å². The lowest BCUT2D eigenvalue weighted by atomic mass is 10.1. The molecule has 1 saturated carbocycles. The first kappa shape index (κ1) is 17.5. The summed E-state index contributed by atoms with van der Waals surface area (Å²) in [4.78, 5) is 9.62. The van der Waals surface area contributed by atoms with Gasteiger partial charge in [-0.05, 0) is 45.7 Å². The van der Waals surface area contributed by atoms with Crippen LogP contribution in [-0.4, -0.2) is 39.4 Å². The van der Waals surface area contributed by atoms with E-state index in [-0.39, 0.29) is 0 Å². The number of hydrogen-bond donors (Lipinski definition) is 2. The first-order valence-electron chi connectivity index (χ1n) is 9.93. The molecule has 2 aliphatic rings. The summed E-state index contributed by atoms with van der Waals surface area (Å²) in [6.07, 6.45) is 5.40. The summed E-state index contributed by atoms with van der Waals surface area (Å²) >= 11 is 0. The van der Waals surface area contributed by atoms with Gasteiger partial charge in [0.15, 0.2) is 0 Å². The third-order valence-corrected chi connectivity index (χ3v) is 5.72. The van der Waals surface area contributed by atoms with Gasteiger partial charge < -0.3 is 10.6 Å². The van der Waals surface area contributed by atoms with Gasteiger partial charge in [-0.3, -0.25) is 4.68 Å². The molecular weight excluding hydrogens is 324 g/mol. The Labute approximate surface area is 155 Å². The highest BCUT2D eigenvalue weighted by Gasteiger charge is 2.43. The van der Waals surface area contributed by atoms with E-state index in [2.05, 4.69) is 47.3 Å². The second-order valence-corrected chi connectivity index (χ2v) is 7.96. The van der Waals surface area contributed by atoms with E-state index in [1.165, 1.54) is 29.8 Å². The third-order valence-electron chi connectivity index (χ3n) is 5.72. The van der Waals surface area contributed by atoms with Crippen molar-refractivity contribution >= 4 is 5.82 Å². The second-order valence-electron chi connectivity index (χ2n) is 7.96. The predicted octanol–water partition coefficient (Wildman–Crippen LogP) is 2.43. The topological polar surface area (TPSA) is 67.7 Å². The highest BCUT2D eigenvalue weighted by molar-refractivity contribution is 5.48. The monoisotopic (exact) mass is 354 g/mol. The van der Waals surface area contributed by atoms with Crippen molar-refractivity contribution in [2.45, 2.75) is 59.4 Å². The van der Waals surface area contributed by atoms with Gasteiger partial charge in [-0.15, -0.1) is 0 Å². The average Bonchev–Trinajstić information content (AvgIpc) is 3.36. The van der Waals surface area contributed by atoms with Crippen LogP contribution in [0.3, 0.4) is 0 Å². The van der Waals surface area contributed by atoms with Crippen LogP contribution in [0.15, 0.2) is 6.07 Å². The molecule has 0 unspecified atom stereocenters. The van der Waals surface area contributed by atoms with Gasteiger partial charge in [0, 0.05) is 49.1 Å². The molecule has 0 amide bonds. The summed E-state index contributed by atoms with van der Waals surface area (Å²) in [7, 11) is 0. The Balaban J connectivity index is 1.51. The number of aryl methyl sites for hydroxylation is 3. The Morgan fingerprint density at radius 2 is 2.00 bits per heavy atom. The van der Waals surface area contributed by atoms with Gasteiger partial charge in [0.25, 0.3) is 0 Å². The number of anilines is 1. The number of nitrogens with one attached hydrogen (secondary N) is 2. The Morgan fingerprint density at radius 3 is 2.69 bits per heavy atom. The van der Waals surface area contributed by atoms with Crippen molar-refractivity contribution in [3.63, 3.8) is 0 Å². The van der Waals surface area contributed by atoms with Crippen LogP contribution in [0.5, 0.6) is 0 Å². The van der Waals surface area contributed by atoms with Crippen LogP contribution in [0.2, 0.25) is 0 Å². The standard InChI is InChI=1S/C20H30N6/c1-4-18-23-17-6-10-21-9-5-16(17)19(24-18)22-12-20(7-8-20)13-26-15(3)11-14(2)25-26/h11,21H,4-10,12-13H2,1-3H3,(H,22,23,24). The van der Waals surface area contributed by atoms with Gasteiger partial charge in [0.1, 0.15) is 11.6 Å². The van der Waals surface area contributed by atoms with Gasteiger partial charge in [-0.1, -0.05) is 6.92 Å². The molecular formula is C20H30N6. The Morgan fingerprint density at radius 1 is 1.19 bits per heavy atom. The Kier molecular flexibility index (Phi) is 4.69. The molecule has 26 heavy (non-hydrogen) atoms. The summed E-state index contributed by atoms with van der Waals surface area (Å²) in [5.74, 6) is 2.02. The maximum atomic E-state index is 4.83. The largest absolute Gasteiger partial charge is 0.369 e. The number of aromatic nitrogens is 4. The maximum absolute atomic E-state index is 4.83. The van der Waals surface area contributed by atoms with Crippen molar-refractivity contribution in [2.24, 2.45) is 5.41 Å². The zero-order chi connectivity index (χ0) is 18.1. The number of hydrogen-bond acceptors (Lipinski definition) is 5. The molecule has 0 radical (unpaired) electrons. The second kappa shape index (κ2) is 6.99. The minimum absolute atomic E-state index is 0.316. The minimum atomic E-state index is 0.316. The van der Waals surface area contributed by atoms with Crippen LogP contribution in [-0.2, 0) is 25.8 Å². The summed E-state index contributed by atoms with van der Waals surface area (Å²) in [6.45, 7) is 10.3. The summed E-state index contributed by atoms with van der Waals surface area (Å²) in [6, 6.07) is 2.16. The molecule has 6 nitrogen and oxygen atoms in total. The van der Waals surface area contributed by atoms with Crippen LogP contribution in [0.4, 0.5) is 5.82 Å². The molecule has 1 aliphatic carbocycles. The number of rotatable bonds is 6. The Hall–Kier alpha value is -1.95. The van der Waals surface area contributed by atoms with Gasteiger partial charge >= 0.3 is 0 Å². The quantitative estimate of drug-likeness (QED) is 0.834. The van der Waals surface area contributed by atoms with Crippen LogP contribution in [0, 0.1) is 19.3 Å². The van der Waals surface area contributed by atoms with Crippen LogP contribution in [0.25, 0.3) is 0 Å². The van der Waals surface area contributed by atoms with Gasteiger partial charge in [-0.2, -0.15) is 5.10 Å². The molecule has 2 N–H and O–H groups in total. The lowest BCUT2D eigenvalue weighted by molar-refractivity contribution is 0.409. The fourth-order valence-corrected chi connectivity index (χ4v) is 3.89. The molecule has 0 spiro atoms. The van der Waals surface area contributed by atoms with Crippen molar-refractivity contribution in [1.82, 2.24) is 25.1 Å². The molecule has 140 valence electrons. The molecule has 0 bridgehead atoms. The van der Waals surface area contributed by atoms with Crippen molar-refractivity contribution in [2.75, 3.05) is 25.0 Å². The third kappa shape index (κ3) is 3.61. The smallest absolute Gasteiger partial charge is 0.133 e. The van der Waals surface area contributed by atoms with Crippen molar-refractivity contribution in [1.29, 1.82) is 0 Å². The summed E-state index contributed by atoms with van der Waals surface area (Å²) in [5.41, 5.74) is 5.22. The molecule has 2 aromatic heterocycles. The molecule has 1 fully saturated rings. The van der Waals surface area contributed by atoms with Crippen molar-refractivity contribution in [3.8, 4) is 0 Å². The lowest BCUT2D eigenvalue weighted by Gasteiger charge is -2.20. The van der Waals surface area contributed by atoms with E-state index in [1.54, 1.807) is 0 Å². The highest BCUT2D eigenvalue weighted by Crippen LogP contribution is 2.47. The van der Waals surface area contributed by atoms with E-state index in [4.69, 9.17) is 9.97 Å². The van der Waals surface area contributed by atoms with E-state index >= 15 is 0 Å². The zero-order valence-corrected chi connectivity index (χ0v) is 16.2. The molecule has 1 aliphatic heterocycles. The molecule has 0 atom stereocenters. The Bertz CT molecular complexity index is 790. The summed E-state index contributed by atoms with van der Waals surface area (Å²) in [5, 5.41) is 11.8. The van der Waals surface area contributed by atoms with Crippen molar-refractivity contribution in [3.05, 3.63) is 34.5 Å². The number of nitrogens with zero attached hydrogens (tertiary/aromatic N) is 4. The molecule has 3 heterocycles. The van der Waals surface area contributed by atoms with Crippen LogP contribution < -0.4 is 10.6 Å².